The largest absolute Gasteiger partial charge is 0.334 e. The summed E-state index contributed by atoms with van der Waals surface area (Å²) in [6, 6.07) is 83.4. The first-order valence-electron chi connectivity index (χ1n) is 22.1. The van der Waals surface area contributed by atoms with Crippen molar-refractivity contribution >= 4 is 77.6 Å². The molecule has 0 amide bonds. The summed E-state index contributed by atoms with van der Waals surface area (Å²) in [5, 5.41) is 4.97. The van der Waals surface area contributed by atoms with Crippen LogP contribution in [0.4, 0.5) is 28.4 Å². The summed E-state index contributed by atoms with van der Waals surface area (Å²) < 4.78 is 4.75. The molecule has 0 fully saturated rings. The van der Waals surface area contributed by atoms with Crippen molar-refractivity contribution in [1.82, 2.24) is 9.13 Å². The van der Waals surface area contributed by atoms with Crippen LogP contribution in [-0.4, -0.2) is 15.2 Å². The zero-order valence-electron chi connectivity index (χ0n) is 35.2. The third-order valence-corrected chi connectivity index (χ3v) is 12.8. The van der Waals surface area contributed by atoms with Gasteiger partial charge in [-0.1, -0.05) is 140 Å². The molecule has 2 aromatic heterocycles. The molecule has 304 valence electrons. The molecule has 1 aliphatic rings. The fourth-order valence-electron chi connectivity index (χ4n) is 9.88. The number of anilines is 5. The van der Waals surface area contributed by atoms with Gasteiger partial charge < -0.3 is 18.9 Å². The summed E-state index contributed by atoms with van der Waals surface area (Å²) in [5.74, 6) is 0. The van der Waals surface area contributed by atoms with E-state index >= 15 is 0 Å². The SMILES string of the molecule is C1=CC(N(c2ccccc2)c2ccc3c(c2)c2ccccc2n3-c2ccccc2)CC=C1c1ccc(N(c2ccccc2)c2ccc3c(c2)c2ccccc2n3-c2ccccc2)cc1. The number of aromatic nitrogens is 2. The highest BCUT2D eigenvalue weighted by molar-refractivity contribution is 6.11. The van der Waals surface area contributed by atoms with Crippen molar-refractivity contribution in [2.24, 2.45) is 0 Å². The Kier molecular flexibility index (Phi) is 9.27. The Morgan fingerprint density at radius 1 is 0.359 bits per heavy atom. The molecule has 0 saturated carbocycles. The molecule has 0 radical (unpaired) electrons. The molecule has 0 spiro atoms. The van der Waals surface area contributed by atoms with Gasteiger partial charge in [0.2, 0.25) is 0 Å². The van der Waals surface area contributed by atoms with Crippen molar-refractivity contribution in [3.8, 4) is 11.4 Å². The van der Waals surface area contributed by atoms with E-state index in [1.807, 2.05) is 0 Å². The van der Waals surface area contributed by atoms with Gasteiger partial charge in [-0.25, -0.2) is 0 Å². The van der Waals surface area contributed by atoms with E-state index in [2.05, 4.69) is 268 Å². The summed E-state index contributed by atoms with van der Waals surface area (Å²) in [7, 11) is 0. The van der Waals surface area contributed by atoms with Gasteiger partial charge in [0.1, 0.15) is 0 Å². The first-order chi connectivity index (χ1) is 31.8. The quantitative estimate of drug-likeness (QED) is 0.144. The van der Waals surface area contributed by atoms with Gasteiger partial charge in [0.05, 0.1) is 28.1 Å². The fraction of sp³-hybridized carbons (Fsp3) is 0.0333. The number of nitrogens with zero attached hydrogens (tertiary/aromatic N) is 4. The molecule has 1 aliphatic carbocycles. The lowest BCUT2D eigenvalue weighted by Crippen LogP contribution is -2.30. The second-order valence-corrected chi connectivity index (χ2v) is 16.5. The van der Waals surface area contributed by atoms with Gasteiger partial charge in [0, 0.05) is 61.4 Å². The lowest BCUT2D eigenvalue weighted by molar-refractivity contribution is 0.787. The topological polar surface area (TPSA) is 16.3 Å². The zero-order chi connectivity index (χ0) is 42.4. The van der Waals surface area contributed by atoms with Crippen LogP contribution in [0.25, 0.3) is 60.6 Å². The molecule has 12 rings (SSSR count). The van der Waals surface area contributed by atoms with Crippen molar-refractivity contribution in [2.75, 3.05) is 9.80 Å². The molecule has 0 aliphatic heterocycles. The third kappa shape index (κ3) is 6.47. The zero-order valence-corrected chi connectivity index (χ0v) is 35.2. The average Bonchev–Trinajstić information content (AvgIpc) is 3.88. The lowest BCUT2D eigenvalue weighted by atomic mass is 9.95. The highest BCUT2D eigenvalue weighted by Crippen LogP contribution is 2.42. The van der Waals surface area contributed by atoms with Gasteiger partial charge in [-0.05, 0) is 127 Å². The minimum absolute atomic E-state index is 0.140. The molecular weight excluding hydrogens is 777 g/mol. The molecule has 1 unspecified atom stereocenters. The summed E-state index contributed by atoms with van der Waals surface area (Å²) in [6.07, 6.45) is 7.97. The molecule has 0 N–H and O–H groups in total. The van der Waals surface area contributed by atoms with Crippen LogP contribution in [-0.2, 0) is 0 Å². The number of rotatable bonds is 9. The molecule has 4 heteroatoms. The van der Waals surface area contributed by atoms with Crippen molar-refractivity contribution in [3.05, 3.63) is 254 Å². The van der Waals surface area contributed by atoms with E-state index in [-0.39, 0.29) is 6.04 Å². The summed E-state index contributed by atoms with van der Waals surface area (Å²) in [5.41, 5.74) is 15.3. The van der Waals surface area contributed by atoms with Gasteiger partial charge in [0.15, 0.2) is 0 Å². The smallest absolute Gasteiger partial charge is 0.0560 e. The Bertz CT molecular complexity index is 3510. The number of hydrogen-bond acceptors (Lipinski definition) is 2. The van der Waals surface area contributed by atoms with E-state index in [0.717, 1.165) is 29.2 Å². The van der Waals surface area contributed by atoms with Gasteiger partial charge in [-0.2, -0.15) is 0 Å². The molecule has 0 bridgehead atoms. The Morgan fingerprint density at radius 3 is 1.34 bits per heavy atom. The van der Waals surface area contributed by atoms with Crippen LogP contribution in [0.3, 0.4) is 0 Å². The molecule has 9 aromatic carbocycles. The highest BCUT2D eigenvalue weighted by atomic mass is 15.2. The maximum absolute atomic E-state index is 2.49. The summed E-state index contributed by atoms with van der Waals surface area (Å²) >= 11 is 0. The second-order valence-electron chi connectivity index (χ2n) is 16.5. The first kappa shape index (κ1) is 37.4. The minimum Gasteiger partial charge on any atom is -0.334 e. The van der Waals surface area contributed by atoms with Crippen LogP contribution < -0.4 is 9.80 Å². The van der Waals surface area contributed by atoms with Crippen molar-refractivity contribution in [1.29, 1.82) is 0 Å². The number of hydrogen-bond donors (Lipinski definition) is 0. The van der Waals surface area contributed by atoms with E-state index in [0.29, 0.717) is 0 Å². The molecular formula is C60H44N4. The predicted molar refractivity (Wildman–Crippen MR) is 270 cm³/mol. The minimum atomic E-state index is 0.140. The van der Waals surface area contributed by atoms with Crippen LogP contribution in [0.2, 0.25) is 0 Å². The molecule has 64 heavy (non-hydrogen) atoms. The molecule has 2 heterocycles. The summed E-state index contributed by atoms with van der Waals surface area (Å²) in [4.78, 5) is 4.86. The van der Waals surface area contributed by atoms with Crippen LogP contribution >= 0.6 is 0 Å². The van der Waals surface area contributed by atoms with E-state index in [1.165, 1.54) is 71.8 Å². The Labute approximate surface area is 373 Å². The van der Waals surface area contributed by atoms with Crippen LogP contribution in [0.1, 0.15) is 12.0 Å². The van der Waals surface area contributed by atoms with Crippen LogP contribution in [0.15, 0.2) is 249 Å². The Balaban J connectivity index is 0.873. The maximum Gasteiger partial charge on any atom is 0.0560 e. The molecule has 0 saturated heterocycles. The Hall–Kier alpha value is -8.34. The number of benzene rings is 9. The molecule has 11 aromatic rings. The Morgan fingerprint density at radius 2 is 0.797 bits per heavy atom. The monoisotopic (exact) mass is 820 g/mol. The number of allylic oxidation sites excluding steroid dienone is 2. The van der Waals surface area contributed by atoms with E-state index in [1.54, 1.807) is 0 Å². The number of fused-ring (bicyclic) bond motifs is 6. The first-order valence-corrected chi connectivity index (χ1v) is 22.1. The van der Waals surface area contributed by atoms with Crippen molar-refractivity contribution in [3.63, 3.8) is 0 Å². The van der Waals surface area contributed by atoms with Crippen LogP contribution in [0.5, 0.6) is 0 Å². The second kappa shape index (κ2) is 15.8. The third-order valence-electron chi connectivity index (χ3n) is 12.8. The number of para-hydroxylation sites is 6. The highest BCUT2D eigenvalue weighted by Gasteiger charge is 2.23. The van der Waals surface area contributed by atoms with E-state index in [9.17, 15) is 0 Å². The summed E-state index contributed by atoms with van der Waals surface area (Å²) in [6.45, 7) is 0. The fourth-order valence-corrected chi connectivity index (χ4v) is 9.88. The molecule has 1 atom stereocenters. The van der Waals surface area contributed by atoms with Gasteiger partial charge in [-0.3, -0.25) is 0 Å². The van der Waals surface area contributed by atoms with E-state index < -0.39 is 0 Å². The van der Waals surface area contributed by atoms with Crippen molar-refractivity contribution < 1.29 is 0 Å². The van der Waals surface area contributed by atoms with Gasteiger partial charge in [-0.15, -0.1) is 0 Å². The van der Waals surface area contributed by atoms with Crippen molar-refractivity contribution in [2.45, 2.75) is 12.5 Å². The lowest BCUT2D eigenvalue weighted by Gasteiger charge is -2.33. The van der Waals surface area contributed by atoms with Gasteiger partial charge in [0.25, 0.3) is 0 Å². The van der Waals surface area contributed by atoms with Gasteiger partial charge >= 0.3 is 0 Å². The predicted octanol–water partition coefficient (Wildman–Crippen LogP) is 15.9. The van der Waals surface area contributed by atoms with Crippen LogP contribution in [0, 0.1) is 0 Å². The standard InChI is InChI=1S/C60H44N4/c1-5-17-45(18-6-1)61(51-37-39-59-55(41-51)53-25-13-15-27-57(53)63(59)47-21-9-3-10-22-47)49-33-29-43(30-34-49)44-31-35-50(36-32-44)62(46-19-7-2-8-20-46)52-38-40-60-56(42-52)54-26-14-16-28-58(54)64(60)48-23-11-4-12-24-48/h1-35,37-42,50H,36H2. The van der Waals surface area contributed by atoms with E-state index in [4.69, 9.17) is 0 Å². The maximum atomic E-state index is 2.49. The normalized spacial score (nSPS) is 13.8. The average molecular weight is 821 g/mol. The molecule has 4 nitrogen and oxygen atoms in total.